The zero-order valence-electron chi connectivity index (χ0n) is 22.1. The number of anilines is 1. The highest BCUT2D eigenvalue weighted by Gasteiger charge is 2.48. The van der Waals surface area contributed by atoms with Crippen molar-refractivity contribution in [3.63, 3.8) is 0 Å². The first-order chi connectivity index (χ1) is 20.1. The van der Waals surface area contributed by atoms with Crippen LogP contribution in [0.1, 0.15) is 24.8 Å². The van der Waals surface area contributed by atoms with E-state index in [0.29, 0.717) is 67.2 Å². The minimum atomic E-state index is -4.82. The summed E-state index contributed by atoms with van der Waals surface area (Å²) in [4.78, 5) is 23.4. The second-order valence-electron chi connectivity index (χ2n) is 10.7. The number of nitrogens with one attached hydrogen (secondary N) is 2. The van der Waals surface area contributed by atoms with Gasteiger partial charge in [-0.1, -0.05) is 0 Å². The predicted octanol–water partition coefficient (Wildman–Crippen LogP) is 5.34. The van der Waals surface area contributed by atoms with E-state index in [1.807, 2.05) is 0 Å². The molecule has 5 heterocycles. The molecule has 0 atom stereocenters. The van der Waals surface area contributed by atoms with Crippen LogP contribution >= 0.6 is 0 Å². The maximum atomic E-state index is 14.8. The molecule has 0 spiro atoms. The molecule has 0 radical (unpaired) electrons. The largest absolute Gasteiger partial charge is 0.418 e. The fourth-order valence-electron chi connectivity index (χ4n) is 5.93. The number of nitrogens with zero attached hydrogens (tertiary/aromatic N) is 6. The van der Waals surface area contributed by atoms with E-state index in [1.54, 1.807) is 29.3 Å². The van der Waals surface area contributed by atoms with Gasteiger partial charge in [0.15, 0.2) is 0 Å². The van der Waals surface area contributed by atoms with Crippen LogP contribution in [0.4, 0.5) is 32.4 Å². The van der Waals surface area contributed by atoms with E-state index in [1.165, 1.54) is 4.90 Å². The van der Waals surface area contributed by atoms with Gasteiger partial charge in [-0.25, -0.2) is 18.6 Å². The number of likely N-dealkylation sites (tertiary alicyclic amines) is 2. The van der Waals surface area contributed by atoms with Crippen molar-refractivity contribution in [3.05, 3.63) is 66.3 Å². The molecule has 2 aliphatic heterocycles. The van der Waals surface area contributed by atoms with E-state index in [0.717, 1.165) is 18.3 Å². The summed E-state index contributed by atoms with van der Waals surface area (Å²) < 4.78 is 69.9. The van der Waals surface area contributed by atoms with Crippen LogP contribution in [-0.2, 0) is 11.7 Å². The lowest BCUT2D eigenvalue weighted by atomic mass is 9.84. The van der Waals surface area contributed by atoms with Crippen molar-refractivity contribution in [2.75, 3.05) is 31.5 Å². The van der Waals surface area contributed by atoms with E-state index in [2.05, 4.69) is 31.4 Å². The zero-order chi connectivity index (χ0) is 29.6. The van der Waals surface area contributed by atoms with Crippen LogP contribution in [0, 0.1) is 23.0 Å². The number of hydrogen-bond donors (Lipinski definition) is 2. The molecule has 4 aromatic rings. The number of fused-ring (bicyclic) bond motifs is 1. The van der Waals surface area contributed by atoms with Crippen molar-refractivity contribution in [1.29, 1.82) is 5.26 Å². The SMILES string of the molecule is N#CCC1(n2cc(-c3c(F)cnc4[nH]ccc34)cn2)CN(C2CCN(C(=O)Nc3ccc(F)cc3C(F)(F)F)CC2)C1. The normalized spacial score (nSPS) is 17.7. The van der Waals surface area contributed by atoms with Gasteiger partial charge in [-0.05, 0) is 37.1 Å². The zero-order valence-corrected chi connectivity index (χ0v) is 22.1. The van der Waals surface area contributed by atoms with Gasteiger partial charge in [-0.3, -0.25) is 9.58 Å². The lowest BCUT2D eigenvalue weighted by molar-refractivity contribution is -0.137. The van der Waals surface area contributed by atoms with Gasteiger partial charge in [0.25, 0.3) is 0 Å². The summed E-state index contributed by atoms with van der Waals surface area (Å²) in [5.74, 6) is -1.52. The Kier molecular flexibility index (Phi) is 6.84. The van der Waals surface area contributed by atoms with Gasteiger partial charge in [0.05, 0.1) is 36.1 Å². The van der Waals surface area contributed by atoms with Crippen molar-refractivity contribution >= 4 is 22.8 Å². The molecule has 2 fully saturated rings. The third-order valence-electron chi connectivity index (χ3n) is 8.10. The number of carbonyl (C=O) groups excluding carboxylic acids is 1. The third kappa shape index (κ3) is 4.94. The minimum absolute atomic E-state index is 0.101. The number of urea groups is 1. The van der Waals surface area contributed by atoms with E-state index in [9.17, 15) is 32.0 Å². The van der Waals surface area contributed by atoms with Crippen LogP contribution in [0.15, 0.2) is 49.1 Å². The lowest BCUT2D eigenvalue weighted by Crippen LogP contribution is -2.66. The Morgan fingerprint density at radius 3 is 2.64 bits per heavy atom. The first-order valence-electron chi connectivity index (χ1n) is 13.3. The summed E-state index contributed by atoms with van der Waals surface area (Å²) in [6.45, 7) is 1.70. The number of benzene rings is 1. The smallest absolute Gasteiger partial charge is 0.346 e. The third-order valence-corrected chi connectivity index (χ3v) is 8.10. The summed E-state index contributed by atoms with van der Waals surface area (Å²) in [5.41, 5.74) is -0.833. The van der Waals surface area contributed by atoms with E-state index in [4.69, 9.17) is 0 Å². The Bertz CT molecular complexity index is 1680. The monoisotopic (exact) mass is 584 g/mol. The Morgan fingerprint density at radius 1 is 1.17 bits per heavy atom. The van der Waals surface area contributed by atoms with E-state index >= 15 is 0 Å². The maximum absolute atomic E-state index is 14.8. The fourth-order valence-corrected chi connectivity index (χ4v) is 5.93. The topological polar surface area (TPSA) is 106 Å². The summed E-state index contributed by atoms with van der Waals surface area (Å²) in [6, 6.07) is 5.53. The van der Waals surface area contributed by atoms with Crippen molar-refractivity contribution in [1.82, 2.24) is 29.5 Å². The fraction of sp³-hybridized carbons (Fsp3) is 0.357. The summed E-state index contributed by atoms with van der Waals surface area (Å²) in [7, 11) is 0. The van der Waals surface area contributed by atoms with Crippen molar-refractivity contribution in [2.45, 2.75) is 37.0 Å². The van der Waals surface area contributed by atoms with E-state index < -0.39 is 40.6 Å². The molecule has 0 saturated carbocycles. The lowest BCUT2D eigenvalue weighted by Gasteiger charge is -2.53. The molecule has 9 nitrogen and oxygen atoms in total. The molecule has 2 N–H and O–H groups in total. The molecule has 42 heavy (non-hydrogen) atoms. The number of hydrogen-bond acceptors (Lipinski definition) is 5. The average Bonchev–Trinajstić information content (AvgIpc) is 3.61. The summed E-state index contributed by atoms with van der Waals surface area (Å²) in [5, 5.41) is 17.0. The average molecular weight is 585 g/mol. The van der Waals surface area contributed by atoms with Crippen molar-refractivity contribution < 1.29 is 26.7 Å². The molecule has 2 amide bonds. The van der Waals surface area contributed by atoms with Gasteiger partial charge in [0, 0.05) is 61.1 Å². The molecule has 2 aliphatic rings. The Morgan fingerprint density at radius 2 is 1.93 bits per heavy atom. The highest BCUT2D eigenvalue weighted by molar-refractivity contribution is 5.93. The van der Waals surface area contributed by atoms with Crippen LogP contribution in [0.3, 0.4) is 0 Å². The number of nitriles is 1. The van der Waals surface area contributed by atoms with Gasteiger partial charge in [0.1, 0.15) is 22.8 Å². The number of aromatic amines is 1. The number of amides is 2. The number of piperidine rings is 1. The van der Waals surface area contributed by atoms with Crippen molar-refractivity contribution in [2.24, 2.45) is 0 Å². The molecule has 0 bridgehead atoms. The molecular formula is C28H25F5N8O. The predicted molar refractivity (Wildman–Crippen MR) is 142 cm³/mol. The molecular weight excluding hydrogens is 559 g/mol. The van der Waals surface area contributed by atoms with Crippen molar-refractivity contribution in [3.8, 4) is 17.2 Å². The second-order valence-corrected chi connectivity index (χ2v) is 10.7. The number of alkyl halides is 3. The minimum Gasteiger partial charge on any atom is -0.346 e. The van der Waals surface area contributed by atoms with Crippen LogP contribution < -0.4 is 5.32 Å². The first kappa shape index (κ1) is 27.6. The van der Waals surface area contributed by atoms with Crippen LogP contribution in [0.25, 0.3) is 22.2 Å². The number of pyridine rings is 1. The molecule has 1 aromatic carbocycles. The van der Waals surface area contributed by atoms with Crippen LogP contribution in [-0.4, -0.2) is 67.8 Å². The highest BCUT2D eigenvalue weighted by atomic mass is 19.4. The quantitative estimate of drug-likeness (QED) is 0.308. The van der Waals surface area contributed by atoms with Gasteiger partial charge in [-0.15, -0.1) is 0 Å². The number of aromatic nitrogens is 4. The van der Waals surface area contributed by atoms with Gasteiger partial charge in [-0.2, -0.15) is 23.5 Å². The van der Waals surface area contributed by atoms with Gasteiger partial charge < -0.3 is 15.2 Å². The summed E-state index contributed by atoms with van der Waals surface area (Å²) >= 11 is 0. The second kappa shape index (κ2) is 10.4. The highest BCUT2D eigenvalue weighted by Crippen LogP contribution is 2.39. The molecule has 3 aromatic heterocycles. The van der Waals surface area contributed by atoms with E-state index in [-0.39, 0.29) is 12.5 Å². The number of carbonyl (C=O) groups is 1. The summed E-state index contributed by atoms with van der Waals surface area (Å²) in [6.07, 6.45) is 2.72. The Labute approximate surface area is 236 Å². The van der Waals surface area contributed by atoms with Crippen LogP contribution in [0.2, 0.25) is 0 Å². The van der Waals surface area contributed by atoms with Gasteiger partial charge >= 0.3 is 12.2 Å². The molecule has 14 heteroatoms. The molecule has 0 aliphatic carbocycles. The standard InChI is InChI=1S/C28H25F5N8O/c29-18-1-2-23(21(11-18)28(31,32)33)38-26(42)39-9-4-19(5-10-39)40-15-27(16-40,6-7-34)41-14-17(12-37-41)24-20-3-8-35-25(20)36-13-22(24)30/h1-3,8,11-14,19H,4-6,9-10,15-16H2,(H,35,36)(H,38,42). The number of halogens is 5. The van der Waals surface area contributed by atoms with Gasteiger partial charge in [0.2, 0.25) is 0 Å². The molecule has 2 saturated heterocycles. The first-order valence-corrected chi connectivity index (χ1v) is 13.3. The Balaban J connectivity index is 1.10. The molecule has 6 rings (SSSR count). The maximum Gasteiger partial charge on any atom is 0.418 e. The number of H-pyrrole nitrogens is 1. The molecule has 218 valence electrons. The Hall–Kier alpha value is -4.51. The number of rotatable bonds is 5. The van der Waals surface area contributed by atoms with Crippen LogP contribution in [0.5, 0.6) is 0 Å². The molecule has 0 unspecified atom stereocenters.